The normalized spacial score (nSPS) is 18.4. The van der Waals surface area contributed by atoms with Crippen molar-refractivity contribution in [1.29, 1.82) is 0 Å². The van der Waals surface area contributed by atoms with Crippen LogP contribution in [0.4, 0.5) is 0 Å². The van der Waals surface area contributed by atoms with Gasteiger partial charge in [0.05, 0.1) is 55.1 Å². The van der Waals surface area contributed by atoms with Crippen LogP contribution in [0.3, 0.4) is 0 Å². The summed E-state index contributed by atoms with van der Waals surface area (Å²) in [6, 6.07) is 48.0. The first-order valence-electron chi connectivity index (χ1n) is 37.7. The highest BCUT2D eigenvalue weighted by atomic mass is 32.2. The van der Waals surface area contributed by atoms with Crippen molar-refractivity contribution >= 4 is 64.1 Å². The van der Waals surface area contributed by atoms with Crippen molar-refractivity contribution in [3.63, 3.8) is 0 Å². The van der Waals surface area contributed by atoms with Crippen LogP contribution in [0.1, 0.15) is 216 Å². The molecule has 6 aliphatic rings. The quantitative estimate of drug-likeness (QED) is 0.0571. The standard InChI is InChI=1S/C21H25NOS.C18H25NO3.C16H23NO2S.C16H23NO2.C15H21NOS/c1-21(2,22-15-7-4-8-16-22)20(23)17-11-13-19(14-12-17)24-18-9-5-3-6-10-18;1-21-16-7-5-15(6-8-16)17(20)18(9-3-2-4-10-18)19-11-13-22-14-12-19;1-16(2,17-11-5-4-6-12-17)15(18)13-7-9-14(10-8-13)20(3)19;1-16(2,17-11-5-4-6-12-17)15(18)13-7-9-14(19-3)10-8-13;1-15(2,16-10-4-3-5-11-16)14(17)12-6-8-13(18)9-7-12/h3,5-6,9-14H,4,7-8,15-16H2,1-2H3;5-8H,2-4,9-14H2,1H3;7-10H,4-6,11-12H2,1-3H3;7-10H,4-6,11-12H2,1-3H3;6-9,18H,3-5,10-11H2,1-2H3. The molecule has 1 aliphatic carbocycles. The molecule has 0 radical (unpaired) electrons. The summed E-state index contributed by atoms with van der Waals surface area (Å²) in [5, 5.41) is 0. The van der Waals surface area contributed by atoms with Gasteiger partial charge in [0.1, 0.15) is 11.5 Å². The van der Waals surface area contributed by atoms with Gasteiger partial charge in [-0.3, -0.25) is 52.7 Å². The molecule has 5 heterocycles. The van der Waals surface area contributed by atoms with Gasteiger partial charge in [-0.15, -0.1) is 12.6 Å². The molecule has 5 aliphatic heterocycles. The zero-order valence-corrected chi connectivity index (χ0v) is 66.1. The fourth-order valence-electron chi connectivity index (χ4n) is 15.1. The molecular formula is C86H117N5O9S3. The monoisotopic (exact) mass is 1460 g/mol. The maximum absolute atomic E-state index is 13.3. The Morgan fingerprint density at radius 2 is 0.699 bits per heavy atom. The first-order chi connectivity index (χ1) is 49.3. The minimum atomic E-state index is -0.998. The number of piperidine rings is 4. The van der Waals surface area contributed by atoms with Crippen molar-refractivity contribution in [2.75, 3.05) is 99.1 Å². The number of ether oxygens (including phenoxy) is 3. The molecule has 6 fully saturated rings. The number of nitrogens with zero attached hydrogens (tertiary/aromatic N) is 5. The van der Waals surface area contributed by atoms with E-state index in [1.165, 1.54) is 88.4 Å². The van der Waals surface area contributed by atoms with E-state index in [4.69, 9.17) is 14.2 Å². The topological polar surface area (TPSA) is 146 Å². The summed E-state index contributed by atoms with van der Waals surface area (Å²) < 4.78 is 27.2. The molecule has 0 amide bonds. The van der Waals surface area contributed by atoms with E-state index in [1.54, 1.807) is 56.5 Å². The molecular weight excluding hydrogens is 1340 g/mol. The first kappa shape index (κ1) is 82.5. The van der Waals surface area contributed by atoms with Crippen LogP contribution in [-0.2, 0) is 15.5 Å². The summed E-state index contributed by atoms with van der Waals surface area (Å²) in [7, 11) is 2.28. The molecule has 17 heteroatoms. The Balaban J connectivity index is 0.000000164. The third-order valence-corrected chi connectivity index (χ3v) is 24.2. The lowest BCUT2D eigenvalue weighted by Gasteiger charge is -2.46. The molecule has 5 saturated heterocycles. The van der Waals surface area contributed by atoms with E-state index in [1.807, 2.05) is 145 Å². The van der Waals surface area contributed by atoms with Gasteiger partial charge >= 0.3 is 0 Å². The second-order valence-corrected chi connectivity index (χ2v) is 33.2. The molecule has 6 aromatic carbocycles. The Kier molecular flexibility index (Phi) is 31.6. The Bertz CT molecular complexity index is 3640. The van der Waals surface area contributed by atoms with Crippen LogP contribution in [0.15, 0.2) is 171 Å². The van der Waals surface area contributed by atoms with Gasteiger partial charge in [-0.25, -0.2) is 0 Å². The summed E-state index contributed by atoms with van der Waals surface area (Å²) in [5.41, 5.74) is 1.82. The first-order valence-corrected chi connectivity index (χ1v) is 40.6. The number of ketones is 5. The number of Topliss-reactive ketones (excluding diaryl/α,β-unsaturated/α-hetero) is 5. The average molecular weight is 1460 g/mol. The van der Waals surface area contributed by atoms with E-state index >= 15 is 0 Å². The number of methoxy groups -OCH3 is 2. The van der Waals surface area contributed by atoms with E-state index in [0.717, 1.165) is 153 Å². The van der Waals surface area contributed by atoms with E-state index in [2.05, 4.69) is 75.2 Å². The number of carbonyl (C=O) groups excluding carboxylic acids is 5. The van der Waals surface area contributed by atoms with Crippen molar-refractivity contribution in [3.05, 3.63) is 179 Å². The van der Waals surface area contributed by atoms with E-state index in [-0.39, 0.29) is 34.5 Å². The number of hydrogen-bond donors (Lipinski definition) is 1. The minimum absolute atomic E-state index is 0.146. The van der Waals surface area contributed by atoms with Gasteiger partial charge in [-0.2, -0.15) is 0 Å². The maximum Gasteiger partial charge on any atom is 0.183 e. The summed E-state index contributed by atoms with van der Waals surface area (Å²) in [5.74, 6) is 2.62. The minimum Gasteiger partial charge on any atom is -0.497 e. The van der Waals surface area contributed by atoms with Gasteiger partial charge in [-0.1, -0.05) is 111 Å². The molecule has 103 heavy (non-hydrogen) atoms. The molecule has 12 rings (SSSR count). The van der Waals surface area contributed by atoms with E-state index < -0.39 is 33.0 Å². The third kappa shape index (κ3) is 22.5. The molecule has 1 unspecified atom stereocenters. The highest BCUT2D eigenvalue weighted by molar-refractivity contribution is 7.99. The molecule has 558 valence electrons. The second-order valence-electron chi connectivity index (χ2n) is 30.2. The van der Waals surface area contributed by atoms with Gasteiger partial charge in [-0.05, 0) is 269 Å². The number of benzene rings is 6. The van der Waals surface area contributed by atoms with Gasteiger partial charge in [0.15, 0.2) is 28.9 Å². The number of rotatable bonds is 20. The predicted octanol–water partition coefficient (Wildman–Crippen LogP) is 17.6. The van der Waals surface area contributed by atoms with Crippen molar-refractivity contribution in [2.24, 2.45) is 0 Å². The molecule has 14 nitrogen and oxygen atoms in total. The highest BCUT2D eigenvalue weighted by Gasteiger charge is 2.46. The molecule has 1 saturated carbocycles. The van der Waals surface area contributed by atoms with Crippen molar-refractivity contribution in [2.45, 2.75) is 212 Å². The fraction of sp³-hybridized carbons (Fsp3) is 0.523. The van der Waals surface area contributed by atoms with Crippen LogP contribution >= 0.6 is 24.4 Å². The van der Waals surface area contributed by atoms with Crippen LogP contribution in [0.2, 0.25) is 0 Å². The Labute approximate surface area is 629 Å². The highest BCUT2D eigenvalue weighted by Crippen LogP contribution is 2.38. The predicted molar refractivity (Wildman–Crippen MR) is 423 cm³/mol. The van der Waals surface area contributed by atoms with Gasteiger partial charge in [0, 0.05) is 77.5 Å². The maximum atomic E-state index is 13.3. The molecule has 6 aromatic rings. The van der Waals surface area contributed by atoms with Crippen LogP contribution in [-0.4, -0.2) is 184 Å². The molecule has 1 atom stereocenters. The van der Waals surface area contributed by atoms with Crippen molar-refractivity contribution < 1.29 is 42.4 Å². The van der Waals surface area contributed by atoms with Gasteiger partial charge in [0.2, 0.25) is 0 Å². The Morgan fingerprint density at radius 1 is 0.398 bits per heavy atom. The van der Waals surface area contributed by atoms with Crippen molar-refractivity contribution in [1.82, 2.24) is 24.5 Å². The number of thiol groups is 1. The number of hydrogen-bond acceptors (Lipinski definition) is 16. The zero-order chi connectivity index (χ0) is 74.2. The third-order valence-electron chi connectivity index (χ3n) is 21.9. The average Bonchev–Trinajstić information content (AvgIpc) is 0.755. The van der Waals surface area contributed by atoms with Crippen LogP contribution < -0.4 is 9.47 Å². The largest absolute Gasteiger partial charge is 0.497 e. The molecule has 0 aromatic heterocycles. The van der Waals surface area contributed by atoms with Crippen LogP contribution in [0.25, 0.3) is 0 Å². The lowest BCUT2D eigenvalue weighted by molar-refractivity contribution is -0.0264. The summed E-state index contributed by atoms with van der Waals surface area (Å²) >= 11 is 5.97. The van der Waals surface area contributed by atoms with Crippen LogP contribution in [0.5, 0.6) is 11.5 Å². The number of likely N-dealkylation sites (tertiary alicyclic amines) is 4. The lowest BCUT2D eigenvalue weighted by atomic mass is 9.75. The van der Waals surface area contributed by atoms with Gasteiger partial charge < -0.3 is 14.2 Å². The fourth-order valence-corrected chi connectivity index (χ4v) is 16.6. The Morgan fingerprint density at radius 3 is 1.04 bits per heavy atom. The molecule has 0 bridgehead atoms. The van der Waals surface area contributed by atoms with E-state index in [0.29, 0.717) is 5.56 Å². The summed E-state index contributed by atoms with van der Waals surface area (Å²) in [6.45, 7) is 27.6. The van der Waals surface area contributed by atoms with E-state index in [9.17, 15) is 28.2 Å². The number of morpholine rings is 1. The molecule has 0 spiro atoms. The molecule has 0 N–H and O–H groups in total. The summed E-state index contributed by atoms with van der Waals surface area (Å²) in [6.07, 6.45) is 21.7. The van der Waals surface area contributed by atoms with Gasteiger partial charge in [0.25, 0.3) is 0 Å². The van der Waals surface area contributed by atoms with Crippen molar-refractivity contribution in [3.8, 4) is 11.5 Å². The SMILES string of the molecule is CC(C)(C(=O)c1ccc(S)cc1)N1CCCCC1.CC(C)(C(=O)c1ccc(Sc2ccccc2)cc1)N1CCCCC1.COc1ccc(C(=O)C(C)(C)N2CCCCC2)cc1.COc1ccc(C(=O)C2(N3CCOCC3)CCCCC2)cc1.CS(=O)c1ccc(C(=O)C(C)(C)N2CCCCC2)cc1. The zero-order valence-electron chi connectivity index (χ0n) is 63.6. The Hall–Kier alpha value is -6.12. The summed E-state index contributed by atoms with van der Waals surface area (Å²) in [4.78, 5) is 80.0. The van der Waals surface area contributed by atoms with Crippen LogP contribution in [0, 0.1) is 0 Å². The lowest BCUT2D eigenvalue weighted by Crippen LogP contribution is -2.59. The second kappa shape index (κ2) is 39.5. The number of carbonyl (C=O) groups is 5. The smallest absolute Gasteiger partial charge is 0.183 e.